The first-order chi connectivity index (χ1) is 10.4. The van der Waals surface area contributed by atoms with Crippen molar-refractivity contribution in [3.8, 4) is 0 Å². The Kier molecular flexibility index (Phi) is 5.44. The molecule has 0 fully saturated rings. The van der Waals surface area contributed by atoms with E-state index in [0.717, 1.165) is 21.3 Å². The van der Waals surface area contributed by atoms with Crippen molar-refractivity contribution < 1.29 is 18.0 Å². The average molecular weight is 419 g/mol. The summed E-state index contributed by atoms with van der Waals surface area (Å²) < 4.78 is 38.2. The molecule has 0 spiro atoms. The molecule has 0 aliphatic rings. The molecule has 2 aromatic carbocycles. The maximum atomic E-state index is 12.4. The van der Waals surface area contributed by atoms with E-state index < -0.39 is 11.7 Å². The lowest BCUT2D eigenvalue weighted by Crippen LogP contribution is -2.26. The van der Waals surface area contributed by atoms with Crippen molar-refractivity contribution in [1.82, 2.24) is 5.32 Å². The SMILES string of the molecule is O=C(NCCc1ccc(C(F)(F)F)cc1)c1ccccc1I. The van der Waals surface area contributed by atoms with Gasteiger partial charge in [0.25, 0.3) is 5.91 Å². The second-order valence-corrected chi connectivity index (χ2v) is 5.84. The first-order valence-corrected chi connectivity index (χ1v) is 7.64. The van der Waals surface area contributed by atoms with Gasteiger partial charge in [0.05, 0.1) is 11.1 Å². The third-order valence-electron chi connectivity index (χ3n) is 3.10. The minimum atomic E-state index is -4.32. The molecule has 2 aromatic rings. The van der Waals surface area contributed by atoms with E-state index in [1.165, 1.54) is 12.1 Å². The molecule has 0 aromatic heterocycles. The molecule has 2 rings (SSSR count). The zero-order valence-electron chi connectivity index (χ0n) is 11.5. The van der Waals surface area contributed by atoms with Crippen molar-refractivity contribution in [2.24, 2.45) is 0 Å². The Hall–Kier alpha value is -1.57. The highest BCUT2D eigenvalue weighted by atomic mass is 127. The number of alkyl halides is 3. The summed E-state index contributed by atoms with van der Waals surface area (Å²) in [6.07, 6.45) is -3.84. The molecule has 0 radical (unpaired) electrons. The third-order valence-corrected chi connectivity index (χ3v) is 4.04. The summed E-state index contributed by atoms with van der Waals surface area (Å²) in [5, 5.41) is 2.77. The fourth-order valence-corrected chi connectivity index (χ4v) is 2.55. The summed E-state index contributed by atoms with van der Waals surface area (Å²) in [4.78, 5) is 12.0. The normalized spacial score (nSPS) is 11.3. The number of rotatable bonds is 4. The quantitative estimate of drug-likeness (QED) is 0.737. The molecule has 2 nitrogen and oxygen atoms in total. The highest BCUT2D eigenvalue weighted by Gasteiger charge is 2.29. The Morgan fingerprint density at radius 3 is 2.27 bits per heavy atom. The van der Waals surface area contributed by atoms with Crippen molar-refractivity contribution >= 4 is 28.5 Å². The van der Waals surface area contributed by atoms with Gasteiger partial charge in [-0.05, 0) is 58.8 Å². The van der Waals surface area contributed by atoms with E-state index in [1.54, 1.807) is 12.1 Å². The topological polar surface area (TPSA) is 29.1 Å². The van der Waals surface area contributed by atoms with E-state index in [0.29, 0.717) is 18.5 Å². The summed E-state index contributed by atoms with van der Waals surface area (Å²) in [5.41, 5.74) is 0.672. The van der Waals surface area contributed by atoms with Crippen molar-refractivity contribution in [3.63, 3.8) is 0 Å². The molecule has 0 heterocycles. The van der Waals surface area contributed by atoms with Gasteiger partial charge in [-0.2, -0.15) is 13.2 Å². The largest absolute Gasteiger partial charge is 0.416 e. The molecule has 0 aliphatic heterocycles. The third kappa shape index (κ3) is 4.46. The summed E-state index contributed by atoms with van der Waals surface area (Å²) in [7, 11) is 0. The Balaban J connectivity index is 1.89. The second kappa shape index (κ2) is 7.13. The molecule has 0 unspecified atom stereocenters. The summed E-state index contributed by atoms with van der Waals surface area (Å²) in [6.45, 7) is 0.370. The molecule has 1 N–H and O–H groups in total. The van der Waals surface area contributed by atoms with Crippen LogP contribution in [-0.2, 0) is 12.6 Å². The number of hydrogen-bond acceptors (Lipinski definition) is 1. The van der Waals surface area contributed by atoms with Gasteiger partial charge < -0.3 is 5.32 Å². The number of carbonyl (C=O) groups excluding carboxylic acids is 1. The van der Waals surface area contributed by atoms with E-state index in [1.807, 2.05) is 12.1 Å². The van der Waals surface area contributed by atoms with Crippen molar-refractivity contribution in [1.29, 1.82) is 0 Å². The molecule has 116 valence electrons. The fraction of sp³-hybridized carbons (Fsp3) is 0.188. The summed E-state index contributed by atoms with van der Waals surface area (Å²) >= 11 is 2.08. The van der Waals surface area contributed by atoms with Gasteiger partial charge in [0, 0.05) is 10.1 Å². The number of carbonyl (C=O) groups is 1. The second-order valence-electron chi connectivity index (χ2n) is 4.68. The van der Waals surface area contributed by atoms with Crippen molar-refractivity contribution in [2.45, 2.75) is 12.6 Å². The lowest BCUT2D eigenvalue weighted by molar-refractivity contribution is -0.137. The van der Waals surface area contributed by atoms with Crippen LogP contribution < -0.4 is 5.32 Å². The van der Waals surface area contributed by atoms with E-state index in [2.05, 4.69) is 27.9 Å². The van der Waals surface area contributed by atoms with Gasteiger partial charge in [-0.3, -0.25) is 4.79 Å². The molecule has 1 amide bonds. The van der Waals surface area contributed by atoms with E-state index in [4.69, 9.17) is 0 Å². The van der Waals surface area contributed by atoms with Gasteiger partial charge in [0.1, 0.15) is 0 Å². The van der Waals surface area contributed by atoms with Crippen molar-refractivity contribution in [2.75, 3.05) is 6.54 Å². The Morgan fingerprint density at radius 1 is 1.05 bits per heavy atom. The molecule has 0 aliphatic carbocycles. The number of benzene rings is 2. The zero-order valence-corrected chi connectivity index (χ0v) is 13.6. The van der Waals surface area contributed by atoms with Crippen molar-refractivity contribution in [3.05, 3.63) is 68.8 Å². The van der Waals surface area contributed by atoms with Crippen LogP contribution in [-0.4, -0.2) is 12.5 Å². The maximum Gasteiger partial charge on any atom is 0.416 e. The van der Waals surface area contributed by atoms with Crippen LogP contribution in [0.1, 0.15) is 21.5 Å². The van der Waals surface area contributed by atoms with E-state index in [-0.39, 0.29) is 5.91 Å². The van der Waals surface area contributed by atoms with E-state index in [9.17, 15) is 18.0 Å². The summed E-state index contributed by atoms with van der Waals surface area (Å²) in [5.74, 6) is -0.183. The van der Waals surface area contributed by atoms with Crippen LogP contribution in [0.3, 0.4) is 0 Å². The highest BCUT2D eigenvalue weighted by Crippen LogP contribution is 2.29. The number of amides is 1. The molecule has 0 saturated carbocycles. The molecule has 6 heteroatoms. The molecular weight excluding hydrogens is 406 g/mol. The fourth-order valence-electron chi connectivity index (χ4n) is 1.92. The van der Waals surface area contributed by atoms with Gasteiger partial charge in [0.15, 0.2) is 0 Å². The molecule has 0 bridgehead atoms. The zero-order chi connectivity index (χ0) is 16.2. The van der Waals surface area contributed by atoms with E-state index >= 15 is 0 Å². The number of hydrogen-bond donors (Lipinski definition) is 1. The Morgan fingerprint density at radius 2 is 1.68 bits per heavy atom. The van der Waals surface area contributed by atoms with Crippen LogP contribution in [0.4, 0.5) is 13.2 Å². The lowest BCUT2D eigenvalue weighted by atomic mass is 10.1. The lowest BCUT2D eigenvalue weighted by Gasteiger charge is -2.09. The van der Waals surface area contributed by atoms with Crippen LogP contribution >= 0.6 is 22.6 Å². The standard InChI is InChI=1S/C16H13F3INO/c17-16(18,19)12-7-5-11(6-8-12)9-10-21-15(22)13-3-1-2-4-14(13)20/h1-8H,9-10H2,(H,21,22). The summed E-state index contributed by atoms with van der Waals surface area (Å²) in [6, 6.07) is 12.2. The molecule has 0 atom stereocenters. The van der Waals surface area contributed by atoms with Gasteiger partial charge >= 0.3 is 6.18 Å². The van der Waals surface area contributed by atoms with Crippen LogP contribution in [0, 0.1) is 3.57 Å². The van der Waals surface area contributed by atoms with Crippen LogP contribution in [0.2, 0.25) is 0 Å². The highest BCUT2D eigenvalue weighted by molar-refractivity contribution is 14.1. The first-order valence-electron chi connectivity index (χ1n) is 6.57. The predicted octanol–water partition coefficient (Wildman–Crippen LogP) is 4.28. The van der Waals surface area contributed by atoms with Gasteiger partial charge in [0.2, 0.25) is 0 Å². The smallest absolute Gasteiger partial charge is 0.352 e. The van der Waals surface area contributed by atoms with Gasteiger partial charge in [-0.25, -0.2) is 0 Å². The molecular formula is C16H13F3INO. The number of nitrogens with one attached hydrogen (secondary N) is 1. The number of halogens is 4. The van der Waals surface area contributed by atoms with Gasteiger partial charge in [-0.15, -0.1) is 0 Å². The first kappa shape index (κ1) is 16.8. The van der Waals surface area contributed by atoms with Crippen LogP contribution in [0.25, 0.3) is 0 Å². The Bertz CT molecular complexity index is 653. The van der Waals surface area contributed by atoms with Crippen LogP contribution in [0.15, 0.2) is 48.5 Å². The predicted molar refractivity (Wildman–Crippen MR) is 86.6 cm³/mol. The maximum absolute atomic E-state index is 12.4. The Labute approximate surface area is 139 Å². The minimum absolute atomic E-state index is 0.183. The molecule has 0 saturated heterocycles. The van der Waals surface area contributed by atoms with Crippen LogP contribution in [0.5, 0.6) is 0 Å². The molecule has 22 heavy (non-hydrogen) atoms. The monoisotopic (exact) mass is 419 g/mol. The average Bonchev–Trinajstić information content (AvgIpc) is 2.47. The van der Waals surface area contributed by atoms with Gasteiger partial charge in [-0.1, -0.05) is 24.3 Å². The minimum Gasteiger partial charge on any atom is -0.352 e.